The maximum Gasteiger partial charge on any atom is 0.137 e. The lowest BCUT2D eigenvalue weighted by molar-refractivity contribution is 0.209. The maximum absolute atomic E-state index is 13.8. The average Bonchev–Trinajstić information content (AvgIpc) is 2.59. The number of nitrogens with zero attached hydrogens (tertiary/aromatic N) is 3. The second-order valence-electron chi connectivity index (χ2n) is 6.73. The standard InChI is InChI=1S/C19H23BrFN3O/c1-12(2)23-4-6-24(7-5-23)18-8-14(11-22-13(18)3)16-9-15(21)10-17(20)19(16)25/h8-12,25H,4-7H2,1-3H3. The van der Waals surface area contributed by atoms with Crippen LogP contribution in [0.5, 0.6) is 5.75 Å². The van der Waals surface area contributed by atoms with Crippen LogP contribution in [-0.2, 0) is 0 Å². The molecule has 0 radical (unpaired) electrons. The minimum atomic E-state index is -0.396. The number of halogens is 2. The molecule has 1 aromatic heterocycles. The molecule has 0 atom stereocenters. The second-order valence-corrected chi connectivity index (χ2v) is 7.58. The van der Waals surface area contributed by atoms with Crippen molar-refractivity contribution in [1.82, 2.24) is 9.88 Å². The van der Waals surface area contributed by atoms with Gasteiger partial charge in [-0.2, -0.15) is 0 Å². The molecule has 25 heavy (non-hydrogen) atoms. The second kappa shape index (κ2) is 7.30. The summed E-state index contributed by atoms with van der Waals surface area (Å²) >= 11 is 3.20. The number of phenolic OH excluding ortho intramolecular Hbond substituents is 1. The number of pyridine rings is 1. The van der Waals surface area contributed by atoms with E-state index in [1.165, 1.54) is 12.1 Å². The Kier molecular flexibility index (Phi) is 5.29. The Hall–Kier alpha value is -1.66. The van der Waals surface area contributed by atoms with Gasteiger partial charge in [0.2, 0.25) is 0 Å². The number of aromatic nitrogens is 1. The molecule has 6 heteroatoms. The van der Waals surface area contributed by atoms with Crippen molar-refractivity contribution in [3.05, 3.63) is 40.4 Å². The molecule has 1 aliphatic rings. The molecular formula is C19H23BrFN3O. The summed E-state index contributed by atoms with van der Waals surface area (Å²) in [6.45, 7) is 10.3. The molecule has 1 saturated heterocycles. The van der Waals surface area contributed by atoms with E-state index in [-0.39, 0.29) is 5.75 Å². The molecular weight excluding hydrogens is 385 g/mol. The number of hydrogen-bond donors (Lipinski definition) is 1. The minimum Gasteiger partial charge on any atom is -0.506 e. The third kappa shape index (κ3) is 3.80. The lowest BCUT2D eigenvalue weighted by atomic mass is 10.0. The first-order chi connectivity index (χ1) is 11.9. The molecule has 1 aliphatic heterocycles. The zero-order valence-corrected chi connectivity index (χ0v) is 16.3. The van der Waals surface area contributed by atoms with E-state index < -0.39 is 5.82 Å². The van der Waals surface area contributed by atoms with Crippen molar-refractivity contribution in [3.63, 3.8) is 0 Å². The molecule has 1 aromatic carbocycles. The fraction of sp³-hybridized carbons (Fsp3) is 0.421. The van der Waals surface area contributed by atoms with Crippen LogP contribution < -0.4 is 4.90 Å². The monoisotopic (exact) mass is 407 g/mol. The van der Waals surface area contributed by atoms with Crippen molar-refractivity contribution >= 4 is 21.6 Å². The molecule has 2 heterocycles. The molecule has 0 amide bonds. The predicted molar refractivity (Wildman–Crippen MR) is 103 cm³/mol. The smallest absolute Gasteiger partial charge is 0.137 e. The largest absolute Gasteiger partial charge is 0.506 e. The Balaban J connectivity index is 1.92. The quantitative estimate of drug-likeness (QED) is 0.827. The summed E-state index contributed by atoms with van der Waals surface area (Å²) in [5.41, 5.74) is 3.14. The maximum atomic E-state index is 13.8. The molecule has 1 N–H and O–H groups in total. The third-order valence-corrected chi connectivity index (χ3v) is 5.39. The molecule has 0 spiro atoms. The highest BCUT2D eigenvalue weighted by Crippen LogP contribution is 2.37. The first-order valence-corrected chi connectivity index (χ1v) is 9.30. The average molecular weight is 408 g/mol. The number of benzene rings is 1. The highest BCUT2D eigenvalue weighted by Gasteiger charge is 2.21. The van der Waals surface area contributed by atoms with Crippen LogP contribution in [0.4, 0.5) is 10.1 Å². The van der Waals surface area contributed by atoms with Gasteiger partial charge in [0.25, 0.3) is 0 Å². The van der Waals surface area contributed by atoms with Crippen LogP contribution in [0.3, 0.4) is 0 Å². The number of aryl methyl sites for hydroxylation is 1. The molecule has 0 bridgehead atoms. The molecule has 4 nitrogen and oxygen atoms in total. The fourth-order valence-corrected chi connectivity index (χ4v) is 3.69. The van der Waals surface area contributed by atoms with E-state index in [4.69, 9.17) is 0 Å². The number of phenols is 1. The summed E-state index contributed by atoms with van der Waals surface area (Å²) in [6.07, 6.45) is 1.68. The van der Waals surface area contributed by atoms with Gasteiger partial charge in [0.15, 0.2) is 0 Å². The summed E-state index contributed by atoms with van der Waals surface area (Å²) in [7, 11) is 0. The van der Waals surface area contributed by atoms with Crippen LogP contribution in [0.1, 0.15) is 19.5 Å². The number of rotatable bonds is 3. The van der Waals surface area contributed by atoms with Gasteiger partial charge >= 0.3 is 0 Å². The summed E-state index contributed by atoms with van der Waals surface area (Å²) in [5.74, 6) is -0.366. The van der Waals surface area contributed by atoms with E-state index in [1.54, 1.807) is 6.20 Å². The summed E-state index contributed by atoms with van der Waals surface area (Å²) < 4.78 is 14.1. The van der Waals surface area contributed by atoms with Crippen LogP contribution in [0.2, 0.25) is 0 Å². The molecule has 134 valence electrons. The van der Waals surface area contributed by atoms with Crippen molar-refractivity contribution in [1.29, 1.82) is 0 Å². The van der Waals surface area contributed by atoms with Crippen LogP contribution in [0.15, 0.2) is 28.9 Å². The van der Waals surface area contributed by atoms with Gasteiger partial charge in [-0.1, -0.05) is 0 Å². The molecule has 0 saturated carbocycles. The van der Waals surface area contributed by atoms with E-state index in [2.05, 4.69) is 44.6 Å². The van der Waals surface area contributed by atoms with Gasteiger partial charge in [-0.25, -0.2) is 4.39 Å². The Morgan fingerprint density at radius 1 is 1.16 bits per heavy atom. The van der Waals surface area contributed by atoms with E-state index in [0.717, 1.165) is 37.6 Å². The first-order valence-electron chi connectivity index (χ1n) is 8.51. The van der Waals surface area contributed by atoms with Gasteiger partial charge in [0, 0.05) is 49.5 Å². The highest BCUT2D eigenvalue weighted by atomic mass is 79.9. The van der Waals surface area contributed by atoms with Crippen molar-refractivity contribution in [3.8, 4) is 16.9 Å². The number of aromatic hydroxyl groups is 1. The van der Waals surface area contributed by atoms with Crippen LogP contribution in [-0.4, -0.2) is 47.2 Å². The molecule has 3 rings (SSSR count). The number of hydrogen-bond acceptors (Lipinski definition) is 4. The summed E-state index contributed by atoms with van der Waals surface area (Å²) in [6, 6.07) is 5.14. The minimum absolute atomic E-state index is 0.0302. The van der Waals surface area contributed by atoms with Crippen LogP contribution >= 0.6 is 15.9 Å². The topological polar surface area (TPSA) is 39.6 Å². The van der Waals surface area contributed by atoms with Crippen molar-refractivity contribution in [2.24, 2.45) is 0 Å². The van der Waals surface area contributed by atoms with Crippen LogP contribution in [0.25, 0.3) is 11.1 Å². The highest BCUT2D eigenvalue weighted by molar-refractivity contribution is 9.10. The van der Waals surface area contributed by atoms with Gasteiger partial charge in [-0.15, -0.1) is 0 Å². The SMILES string of the molecule is Cc1ncc(-c2cc(F)cc(Br)c2O)cc1N1CCN(C(C)C)CC1. The Bertz CT molecular complexity index is 774. The van der Waals surface area contributed by atoms with Crippen molar-refractivity contribution in [2.75, 3.05) is 31.1 Å². The Morgan fingerprint density at radius 3 is 2.48 bits per heavy atom. The first kappa shape index (κ1) is 18.1. The number of anilines is 1. The molecule has 0 aliphatic carbocycles. The van der Waals surface area contributed by atoms with Gasteiger partial charge in [-0.05, 0) is 54.9 Å². The Morgan fingerprint density at radius 2 is 1.84 bits per heavy atom. The van der Waals surface area contributed by atoms with Crippen molar-refractivity contribution in [2.45, 2.75) is 26.8 Å². The van der Waals surface area contributed by atoms with Crippen LogP contribution in [0, 0.1) is 12.7 Å². The Labute approximate surface area is 156 Å². The van der Waals surface area contributed by atoms with E-state index >= 15 is 0 Å². The molecule has 2 aromatic rings. The summed E-state index contributed by atoms with van der Waals surface area (Å²) in [5, 5.41) is 10.3. The normalized spacial score (nSPS) is 15.8. The number of piperazine rings is 1. The third-order valence-electron chi connectivity index (χ3n) is 4.78. The predicted octanol–water partition coefficient (Wildman–Crippen LogP) is 4.19. The fourth-order valence-electron chi connectivity index (χ4n) is 3.25. The van der Waals surface area contributed by atoms with E-state index in [1.807, 2.05) is 13.0 Å². The molecule has 1 fully saturated rings. The van der Waals surface area contributed by atoms with Gasteiger partial charge in [0.1, 0.15) is 11.6 Å². The van der Waals surface area contributed by atoms with Gasteiger partial charge in [0.05, 0.1) is 15.9 Å². The zero-order valence-electron chi connectivity index (χ0n) is 14.8. The lowest BCUT2D eigenvalue weighted by Crippen LogP contribution is -2.49. The van der Waals surface area contributed by atoms with E-state index in [0.29, 0.717) is 21.6 Å². The van der Waals surface area contributed by atoms with Gasteiger partial charge < -0.3 is 10.0 Å². The lowest BCUT2D eigenvalue weighted by Gasteiger charge is -2.38. The van der Waals surface area contributed by atoms with Gasteiger partial charge in [-0.3, -0.25) is 9.88 Å². The molecule has 0 unspecified atom stereocenters. The zero-order chi connectivity index (χ0) is 18.1. The summed E-state index contributed by atoms with van der Waals surface area (Å²) in [4.78, 5) is 9.25. The van der Waals surface area contributed by atoms with Crippen molar-refractivity contribution < 1.29 is 9.50 Å². The van der Waals surface area contributed by atoms with E-state index in [9.17, 15) is 9.50 Å².